The highest BCUT2D eigenvalue weighted by atomic mass is 16.7. The Bertz CT molecular complexity index is 1830. The van der Waals surface area contributed by atoms with Crippen LogP contribution in [0.15, 0.2) is 60.8 Å². The molecule has 0 aromatic carbocycles. The fourth-order valence-electron chi connectivity index (χ4n) is 13.1. The van der Waals surface area contributed by atoms with E-state index in [1.165, 1.54) is 270 Å². The Balaban J connectivity index is 1.62. The van der Waals surface area contributed by atoms with Crippen LogP contribution in [-0.4, -0.2) is 140 Å². The molecule has 0 aromatic heterocycles. The summed E-state index contributed by atoms with van der Waals surface area (Å²) in [5, 5.41) is 87.6. The number of nitrogens with one attached hydrogen (secondary N) is 1. The van der Waals surface area contributed by atoms with Gasteiger partial charge in [0.1, 0.15) is 48.8 Å². The second kappa shape index (κ2) is 65.0. The molecule has 0 aromatic rings. The van der Waals surface area contributed by atoms with Crippen LogP contribution in [0.2, 0.25) is 0 Å². The minimum Gasteiger partial charge on any atom is -0.394 e. The van der Waals surface area contributed by atoms with Gasteiger partial charge in [-0.1, -0.05) is 331 Å². The molecule has 95 heavy (non-hydrogen) atoms. The zero-order valence-corrected chi connectivity index (χ0v) is 60.9. The highest BCUT2D eigenvalue weighted by Gasteiger charge is 2.51. The predicted octanol–water partition coefficient (Wildman–Crippen LogP) is 18.0. The van der Waals surface area contributed by atoms with E-state index in [0.717, 1.165) is 51.4 Å². The highest BCUT2D eigenvalue weighted by Crippen LogP contribution is 2.30. The second-order valence-corrected chi connectivity index (χ2v) is 28.2. The van der Waals surface area contributed by atoms with Gasteiger partial charge in [-0.15, -0.1) is 0 Å². The highest BCUT2D eigenvalue weighted by molar-refractivity contribution is 5.76. The maximum absolute atomic E-state index is 13.4. The average Bonchev–Trinajstić information content (AvgIpc) is 0.800. The van der Waals surface area contributed by atoms with Crippen LogP contribution in [0.25, 0.3) is 0 Å². The van der Waals surface area contributed by atoms with Crippen LogP contribution in [0.4, 0.5) is 0 Å². The van der Waals surface area contributed by atoms with Crippen LogP contribution in [0, 0.1) is 0 Å². The molecule has 12 unspecified atom stereocenters. The average molecular weight is 1350 g/mol. The van der Waals surface area contributed by atoms with Crippen molar-refractivity contribution < 1.29 is 64.6 Å². The zero-order valence-electron chi connectivity index (χ0n) is 60.9. The van der Waals surface area contributed by atoms with E-state index in [1.54, 1.807) is 6.08 Å². The normalized spacial score (nSPS) is 22.6. The Morgan fingerprint density at radius 3 is 1.09 bits per heavy atom. The van der Waals surface area contributed by atoms with Crippen molar-refractivity contribution in [1.82, 2.24) is 5.32 Å². The molecule has 14 heteroatoms. The van der Waals surface area contributed by atoms with E-state index < -0.39 is 86.8 Å². The van der Waals surface area contributed by atoms with Gasteiger partial charge < -0.3 is 65.1 Å². The summed E-state index contributed by atoms with van der Waals surface area (Å²) in [4.78, 5) is 13.4. The van der Waals surface area contributed by atoms with Crippen molar-refractivity contribution in [2.75, 3.05) is 19.8 Å². The second-order valence-electron chi connectivity index (χ2n) is 28.2. The van der Waals surface area contributed by atoms with E-state index in [0.29, 0.717) is 12.8 Å². The van der Waals surface area contributed by atoms with E-state index in [4.69, 9.17) is 18.9 Å². The van der Waals surface area contributed by atoms with Gasteiger partial charge in [0.15, 0.2) is 12.6 Å². The fourth-order valence-corrected chi connectivity index (χ4v) is 13.1. The topological polar surface area (TPSA) is 228 Å². The van der Waals surface area contributed by atoms with Crippen LogP contribution in [0.3, 0.4) is 0 Å². The van der Waals surface area contributed by atoms with Gasteiger partial charge >= 0.3 is 0 Å². The monoisotopic (exact) mass is 1340 g/mol. The third-order valence-electron chi connectivity index (χ3n) is 19.4. The lowest BCUT2D eigenvalue weighted by atomic mass is 9.97. The summed E-state index contributed by atoms with van der Waals surface area (Å²) in [6.45, 7) is 2.82. The first kappa shape index (κ1) is 88.8. The number of ether oxygens (including phenoxy) is 4. The van der Waals surface area contributed by atoms with Crippen LogP contribution in [-0.2, 0) is 23.7 Å². The van der Waals surface area contributed by atoms with Crippen LogP contribution >= 0.6 is 0 Å². The van der Waals surface area contributed by atoms with Crippen molar-refractivity contribution in [3.63, 3.8) is 0 Å². The van der Waals surface area contributed by atoms with Crippen molar-refractivity contribution >= 4 is 5.91 Å². The van der Waals surface area contributed by atoms with Gasteiger partial charge in [0.25, 0.3) is 0 Å². The number of rotatable bonds is 67. The number of aliphatic hydroxyl groups is 8. The zero-order chi connectivity index (χ0) is 68.7. The summed E-state index contributed by atoms with van der Waals surface area (Å²) in [6, 6.07) is -0.940. The number of carbonyl (C=O) groups is 1. The third kappa shape index (κ3) is 48.2. The summed E-state index contributed by atoms with van der Waals surface area (Å²) in [6.07, 6.45) is 71.7. The molecule has 0 radical (unpaired) electrons. The molecular weight excluding hydrogens is 1190 g/mol. The van der Waals surface area contributed by atoms with Crippen LogP contribution in [0.5, 0.6) is 0 Å². The molecule has 2 rings (SSSR count). The van der Waals surface area contributed by atoms with Gasteiger partial charge in [-0.2, -0.15) is 0 Å². The lowest BCUT2D eigenvalue weighted by molar-refractivity contribution is -0.359. The number of amides is 1. The van der Waals surface area contributed by atoms with Crippen molar-refractivity contribution in [3.05, 3.63) is 60.8 Å². The number of aliphatic hydroxyl groups excluding tert-OH is 8. The SMILES string of the molecule is CCCCCCC/C=C\C/C=C\CCCCCCCCCCCCCCCCCCCCCCCCCC(=O)NC(COC1OC(CO)C(OC2OC(CO)C(O)C(O)C2O)C(O)C1O)C(O)/C=C/CC/C=C/CC/C=C/CCCCCCCCCCCCCCCCCC. The summed E-state index contributed by atoms with van der Waals surface area (Å²) >= 11 is 0. The molecule has 0 saturated carbocycles. The van der Waals surface area contributed by atoms with Crippen molar-refractivity contribution in [2.45, 2.75) is 428 Å². The maximum Gasteiger partial charge on any atom is 0.220 e. The molecule has 2 aliphatic heterocycles. The molecule has 556 valence electrons. The number of carbonyl (C=O) groups excluding carboxylic acids is 1. The van der Waals surface area contributed by atoms with E-state index >= 15 is 0 Å². The quantitative estimate of drug-likeness (QED) is 0.0204. The van der Waals surface area contributed by atoms with Crippen molar-refractivity contribution in [3.8, 4) is 0 Å². The molecule has 2 aliphatic rings. The lowest BCUT2D eigenvalue weighted by Crippen LogP contribution is -2.65. The Kier molecular flexibility index (Phi) is 60.8. The maximum atomic E-state index is 13.4. The summed E-state index contributed by atoms with van der Waals surface area (Å²) in [5.41, 5.74) is 0. The van der Waals surface area contributed by atoms with E-state index in [1.807, 2.05) is 6.08 Å². The molecule has 0 aliphatic carbocycles. The standard InChI is InChI=1S/C81H149NO13/c1-3-5-7-9-11-13-15-17-19-21-23-25-27-29-31-32-33-34-35-36-37-38-39-41-43-45-47-49-51-53-55-57-59-61-63-65-73(86)82-69(68-92-80-78(91)76(89)79(72(67-84)94-80)95-81-77(90)75(88)74(87)71(66-83)93-81)70(85)64-62-60-58-56-54-52-50-48-46-44-42-40-30-28-26-24-22-20-18-16-14-12-10-8-6-4-2/h15,17,21,23,46,48,54,56,62,64,69-72,74-81,83-85,87-91H,3-14,16,18-20,22,24-45,47,49-53,55,57-61,63,65-68H2,1-2H3,(H,82,86)/b17-15-,23-21-,48-46+,56-54+,64-62+. The van der Waals surface area contributed by atoms with Gasteiger partial charge in [-0.25, -0.2) is 0 Å². The summed E-state index contributed by atoms with van der Waals surface area (Å²) in [7, 11) is 0. The molecule has 0 bridgehead atoms. The number of unbranched alkanes of at least 4 members (excludes halogenated alkanes) is 46. The molecule has 9 N–H and O–H groups in total. The Morgan fingerprint density at radius 1 is 0.379 bits per heavy atom. The molecule has 0 spiro atoms. The smallest absolute Gasteiger partial charge is 0.220 e. The number of allylic oxidation sites excluding steroid dienone is 9. The third-order valence-corrected chi connectivity index (χ3v) is 19.4. The van der Waals surface area contributed by atoms with E-state index in [9.17, 15) is 45.6 Å². The van der Waals surface area contributed by atoms with Crippen molar-refractivity contribution in [1.29, 1.82) is 0 Å². The lowest BCUT2D eigenvalue weighted by Gasteiger charge is -2.46. The van der Waals surface area contributed by atoms with Gasteiger partial charge in [-0.05, 0) is 77.0 Å². The Hall–Kier alpha value is -2.31. The largest absolute Gasteiger partial charge is 0.394 e. The minimum absolute atomic E-state index is 0.247. The van der Waals surface area contributed by atoms with Crippen LogP contribution < -0.4 is 5.32 Å². The Morgan fingerprint density at radius 2 is 0.705 bits per heavy atom. The molecule has 2 heterocycles. The van der Waals surface area contributed by atoms with Crippen LogP contribution in [0.1, 0.15) is 354 Å². The van der Waals surface area contributed by atoms with E-state index in [-0.39, 0.29) is 18.9 Å². The van der Waals surface area contributed by atoms with Crippen molar-refractivity contribution in [2.24, 2.45) is 0 Å². The summed E-state index contributed by atoms with van der Waals surface area (Å²) < 4.78 is 22.9. The predicted molar refractivity (Wildman–Crippen MR) is 392 cm³/mol. The van der Waals surface area contributed by atoms with Gasteiger partial charge in [0, 0.05) is 6.42 Å². The molecule has 12 atom stereocenters. The first-order valence-electron chi connectivity index (χ1n) is 40.0. The Labute approximate surface area is 581 Å². The fraction of sp³-hybridized carbons (Fsp3) is 0.864. The van der Waals surface area contributed by atoms with E-state index in [2.05, 4.69) is 67.8 Å². The van der Waals surface area contributed by atoms with Gasteiger partial charge in [-0.3, -0.25) is 4.79 Å². The molecule has 2 fully saturated rings. The van der Waals surface area contributed by atoms with Gasteiger partial charge in [0.2, 0.25) is 5.91 Å². The molecular formula is C81H149NO13. The first-order chi connectivity index (χ1) is 46.6. The van der Waals surface area contributed by atoms with Gasteiger partial charge in [0.05, 0.1) is 32.0 Å². The molecule has 1 amide bonds. The first-order valence-corrected chi connectivity index (χ1v) is 40.0. The summed E-state index contributed by atoms with van der Waals surface area (Å²) in [5.74, 6) is -0.247. The molecule has 14 nitrogen and oxygen atoms in total. The minimum atomic E-state index is -1.79. The number of hydrogen-bond donors (Lipinski definition) is 9. The number of hydrogen-bond acceptors (Lipinski definition) is 13. The molecule has 2 saturated heterocycles.